The summed E-state index contributed by atoms with van der Waals surface area (Å²) in [6, 6.07) is 9.83. The number of nitrogens with one attached hydrogen (secondary N) is 2. The normalized spacial score (nSPS) is 17.9. The molecule has 1 aliphatic rings. The molecule has 1 fully saturated rings. The first-order valence-electron chi connectivity index (χ1n) is 7.50. The van der Waals surface area contributed by atoms with Crippen molar-refractivity contribution in [1.29, 1.82) is 0 Å². The highest BCUT2D eigenvalue weighted by atomic mass is 16.2. The number of benzene rings is 1. The van der Waals surface area contributed by atoms with Crippen molar-refractivity contribution >= 4 is 11.8 Å². The zero-order valence-corrected chi connectivity index (χ0v) is 12.5. The number of rotatable bonds is 6. The molecule has 2 rings (SSSR count). The Bertz CT molecular complexity index is 470. The third-order valence-corrected chi connectivity index (χ3v) is 3.79. The van der Waals surface area contributed by atoms with E-state index in [0.717, 1.165) is 31.6 Å². The summed E-state index contributed by atoms with van der Waals surface area (Å²) in [5.41, 5.74) is 0.912. The summed E-state index contributed by atoms with van der Waals surface area (Å²) in [5, 5.41) is 5.77. The van der Waals surface area contributed by atoms with Crippen LogP contribution in [0.1, 0.15) is 18.9 Å². The van der Waals surface area contributed by atoms with Gasteiger partial charge in [-0.3, -0.25) is 19.8 Å². The second-order valence-corrected chi connectivity index (χ2v) is 5.34. The van der Waals surface area contributed by atoms with Gasteiger partial charge in [0.1, 0.15) is 0 Å². The van der Waals surface area contributed by atoms with Crippen LogP contribution in [-0.2, 0) is 16.0 Å². The third kappa shape index (κ3) is 4.95. The van der Waals surface area contributed by atoms with Crippen LogP contribution in [0.3, 0.4) is 0 Å². The van der Waals surface area contributed by atoms with Crippen LogP contribution in [0.15, 0.2) is 30.3 Å². The van der Waals surface area contributed by atoms with Gasteiger partial charge in [0.05, 0.1) is 13.0 Å². The van der Waals surface area contributed by atoms with Crippen LogP contribution >= 0.6 is 0 Å². The van der Waals surface area contributed by atoms with Crippen LogP contribution in [0.5, 0.6) is 0 Å². The number of likely N-dealkylation sites (N-methyl/N-ethyl adjacent to an activating group) is 1. The van der Waals surface area contributed by atoms with Gasteiger partial charge in [-0.25, -0.2) is 0 Å². The van der Waals surface area contributed by atoms with Crippen molar-refractivity contribution < 1.29 is 9.59 Å². The van der Waals surface area contributed by atoms with Gasteiger partial charge in [-0.15, -0.1) is 0 Å². The molecule has 21 heavy (non-hydrogen) atoms. The van der Waals surface area contributed by atoms with E-state index in [2.05, 4.69) is 15.5 Å². The zero-order chi connectivity index (χ0) is 15.1. The lowest BCUT2D eigenvalue weighted by molar-refractivity contribution is -0.131. The maximum Gasteiger partial charge on any atom is 0.240 e. The lowest BCUT2D eigenvalue weighted by atomic mass is 10.1. The summed E-state index contributed by atoms with van der Waals surface area (Å²) in [4.78, 5) is 25.9. The van der Waals surface area contributed by atoms with Crippen molar-refractivity contribution in [2.75, 3.05) is 26.2 Å². The minimum absolute atomic E-state index is 0.218. The molecular weight excluding hydrogens is 266 g/mol. The van der Waals surface area contributed by atoms with Gasteiger partial charge in [-0.05, 0) is 25.1 Å². The molecule has 5 heteroatoms. The van der Waals surface area contributed by atoms with Crippen LogP contribution in [0.2, 0.25) is 0 Å². The number of imide groups is 1. The molecular formula is C16H23N3O2. The Kier molecular flexibility index (Phi) is 5.90. The molecule has 2 amide bonds. The van der Waals surface area contributed by atoms with Crippen LogP contribution in [0, 0.1) is 0 Å². The third-order valence-electron chi connectivity index (χ3n) is 3.79. The summed E-state index contributed by atoms with van der Waals surface area (Å²) in [7, 11) is 0. The van der Waals surface area contributed by atoms with Crippen molar-refractivity contribution in [3.05, 3.63) is 35.9 Å². The van der Waals surface area contributed by atoms with Gasteiger partial charge in [0.2, 0.25) is 11.8 Å². The minimum Gasteiger partial charge on any atom is -0.315 e. The molecule has 0 aromatic heterocycles. The molecule has 0 saturated carbocycles. The first kappa shape index (κ1) is 15.7. The van der Waals surface area contributed by atoms with Gasteiger partial charge >= 0.3 is 0 Å². The lowest BCUT2D eigenvalue weighted by Gasteiger charge is -2.25. The van der Waals surface area contributed by atoms with E-state index in [0.29, 0.717) is 6.04 Å². The number of nitrogens with zero attached hydrogens (tertiary/aromatic N) is 1. The number of carbonyl (C=O) groups excluding carboxylic acids is 2. The average Bonchev–Trinajstić information content (AvgIpc) is 2.99. The quantitative estimate of drug-likeness (QED) is 0.803. The Morgan fingerprint density at radius 2 is 2.05 bits per heavy atom. The van der Waals surface area contributed by atoms with E-state index in [-0.39, 0.29) is 24.8 Å². The molecule has 2 N–H and O–H groups in total. The van der Waals surface area contributed by atoms with Crippen molar-refractivity contribution in [2.45, 2.75) is 25.8 Å². The highest BCUT2D eigenvalue weighted by molar-refractivity contribution is 5.96. The van der Waals surface area contributed by atoms with Gasteiger partial charge in [-0.2, -0.15) is 0 Å². The fourth-order valence-electron chi connectivity index (χ4n) is 2.66. The summed E-state index contributed by atoms with van der Waals surface area (Å²) >= 11 is 0. The number of hydrogen-bond donors (Lipinski definition) is 2. The van der Waals surface area contributed by atoms with Crippen LogP contribution in [0.25, 0.3) is 0 Å². The predicted octanol–water partition coefficient (Wildman–Crippen LogP) is 0.556. The molecule has 1 saturated heterocycles. The molecule has 0 radical (unpaired) electrons. The van der Waals surface area contributed by atoms with E-state index in [1.54, 1.807) is 0 Å². The standard InChI is InChI=1S/C16H23N3O2/c1-2-19(14-8-9-17-11-14)12-16(21)18-15(20)10-13-6-4-3-5-7-13/h3-7,14,17H,2,8-12H2,1H3,(H,18,20,21). The summed E-state index contributed by atoms with van der Waals surface area (Å²) in [5.74, 6) is -0.462. The maximum atomic E-state index is 12.0. The maximum absolute atomic E-state index is 12.0. The van der Waals surface area contributed by atoms with E-state index in [9.17, 15) is 9.59 Å². The van der Waals surface area contributed by atoms with Crippen LogP contribution < -0.4 is 10.6 Å². The molecule has 0 bridgehead atoms. The molecule has 5 nitrogen and oxygen atoms in total. The van der Waals surface area contributed by atoms with Gasteiger partial charge < -0.3 is 5.32 Å². The molecule has 1 heterocycles. The van der Waals surface area contributed by atoms with E-state index in [1.165, 1.54) is 0 Å². The second-order valence-electron chi connectivity index (χ2n) is 5.34. The van der Waals surface area contributed by atoms with E-state index in [4.69, 9.17) is 0 Å². The molecule has 1 aromatic rings. The van der Waals surface area contributed by atoms with Crippen molar-refractivity contribution in [1.82, 2.24) is 15.5 Å². The highest BCUT2D eigenvalue weighted by Crippen LogP contribution is 2.07. The lowest BCUT2D eigenvalue weighted by Crippen LogP contribution is -2.45. The van der Waals surface area contributed by atoms with Crippen molar-refractivity contribution in [3.8, 4) is 0 Å². The van der Waals surface area contributed by atoms with Crippen LogP contribution in [-0.4, -0.2) is 48.9 Å². The SMILES string of the molecule is CCN(CC(=O)NC(=O)Cc1ccccc1)C1CCNC1. The van der Waals surface area contributed by atoms with Crippen molar-refractivity contribution in [2.24, 2.45) is 0 Å². The minimum atomic E-state index is -0.244. The predicted molar refractivity (Wildman–Crippen MR) is 81.8 cm³/mol. The topological polar surface area (TPSA) is 61.4 Å². The van der Waals surface area contributed by atoms with Gasteiger partial charge in [0.15, 0.2) is 0 Å². The van der Waals surface area contributed by atoms with Crippen LogP contribution in [0.4, 0.5) is 0 Å². The Balaban J connectivity index is 1.79. The van der Waals surface area contributed by atoms with E-state index < -0.39 is 0 Å². The summed E-state index contributed by atoms with van der Waals surface area (Å²) in [6.07, 6.45) is 1.29. The summed E-state index contributed by atoms with van der Waals surface area (Å²) < 4.78 is 0. The second kappa shape index (κ2) is 7.90. The number of carbonyl (C=O) groups is 2. The smallest absolute Gasteiger partial charge is 0.240 e. The Labute approximate surface area is 125 Å². The Morgan fingerprint density at radius 3 is 2.67 bits per heavy atom. The fraction of sp³-hybridized carbons (Fsp3) is 0.500. The van der Waals surface area contributed by atoms with Crippen molar-refractivity contribution in [3.63, 3.8) is 0 Å². The van der Waals surface area contributed by atoms with E-state index in [1.807, 2.05) is 37.3 Å². The zero-order valence-electron chi connectivity index (χ0n) is 12.5. The van der Waals surface area contributed by atoms with Gasteiger partial charge in [0, 0.05) is 12.6 Å². The average molecular weight is 289 g/mol. The first-order valence-corrected chi connectivity index (χ1v) is 7.50. The molecule has 0 spiro atoms. The van der Waals surface area contributed by atoms with Gasteiger partial charge in [0.25, 0.3) is 0 Å². The molecule has 1 aromatic carbocycles. The molecule has 114 valence electrons. The number of hydrogen-bond acceptors (Lipinski definition) is 4. The number of amides is 2. The highest BCUT2D eigenvalue weighted by Gasteiger charge is 2.23. The first-order chi connectivity index (χ1) is 10.2. The summed E-state index contributed by atoms with van der Waals surface area (Å²) in [6.45, 7) is 5.04. The monoisotopic (exact) mass is 289 g/mol. The Morgan fingerprint density at radius 1 is 1.29 bits per heavy atom. The largest absolute Gasteiger partial charge is 0.315 e. The van der Waals surface area contributed by atoms with E-state index >= 15 is 0 Å². The molecule has 1 aliphatic heterocycles. The molecule has 1 unspecified atom stereocenters. The van der Waals surface area contributed by atoms with Gasteiger partial charge in [-0.1, -0.05) is 37.3 Å². The fourth-order valence-corrected chi connectivity index (χ4v) is 2.66. The molecule has 0 aliphatic carbocycles. The molecule has 1 atom stereocenters. The Hall–Kier alpha value is -1.72.